The largest absolute Gasteiger partial charge is 0.428 e. The summed E-state index contributed by atoms with van der Waals surface area (Å²) in [4.78, 5) is 0. The molecule has 3 heteroatoms. The van der Waals surface area contributed by atoms with E-state index < -0.39 is 0 Å². The molecule has 0 spiro atoms. The lowest BCUT2D eigenvalue weighted by atomic mass is 10.2. The zero-order chi connectivity index (χ0) is 9.52. The Morgan fingerprint density at radius 3 is 2.85 bits per heavy atom. The monoisotopic (exact) mass is 212 g/mol. The van der Waals surface area contributed by atoms with Gasteiger partial charge < -0.3 is 4.43 Å². The minimum atomic E-state index is 0.797. The first kappa shape index (κ1) is 10.5. The number of hydrogen-bond acceptors (Lipinski definition) is 1. The van der Waals surface area contributed by atoms with Crippen LogP contribution >= 0.6 is 11.6 Å². The van der Waals surface area contributed by atoms with Crippen LogP contribution in [0.2, 0.25) is 5.02 Å². The van der Waals surface area contributed by atoms with Gasteiger partial charge in [-0.2, -0.15) is 0 Å². The fourth-order valence-electron chi connectivity index (χ4n) is 1.01. The predicted molar refractivity (Wildman–Crippen MR) is 61.0 cm³/mol. The van der Waals surface area contributed by atoms with Crippen LogP contribution < -0.4 is 0 Å². The average Bonchev–Trinajstić information content (AvgIpc) is 2.15. The quantitative estimate of drug-likeness (QED) is 0.549. The van der Waals surface area contributed by atoms with Crippen LogP contribution in [0.3, 0.4) is 0 Å². The first-order chi connectivity index (χ1) is 6.34. The Hall–Kier alpha value is -0.573. The summed E-state index contributed by atoms with van der Waals surface area (Å²) < 4.78 is 5.06. The molecule has 1 aromatic carbocycles. The van der Waals surface area contributed by atoms with E-state index in [2.05, 4.69) is 6.08 Å². The molecule has 0 aliphatic heterocycles. The lowest BCUT2D eigenvalue weighted by Crippen LogP contribution is -1.85. The summed E-state index contributed by atoms with van der Waals surface area (Å²) in [6.45, 7) is 0.813. The molecule has 0 fully saturated rings. The van der Waals surface area contributed by atoms with Gasteiger partial charge in [-0.15, -0.1) is 0 Å². The second kappa shape index (κ2) is 5.97. The molecule has 0 bridgehead atoms. The van der Waals surface area contributed by atoms with Gasteiger partial charge >= 0.3 is 0 Å². The molecule has 0 unspecified atom stereocenters. The van der Waals surface area contributed by atoms with E-state index in [1.54, 1.807) is 0 Å². The lowest BCUT2D eigenvalue weighted by Gasteiger charge is -1.96. The SMILES string of the molecule is [SiH3]OCCC=Cc1ccccc1Cl. The van der Waals surface area contributed by atoms with Crippen molar-refractivity contribution in [1.29, 1.82) is 0 Å². The molecule has 0 radical (unpaired) electrons. The van der Waals surface area contributed by atoms with Gasteiger partial charge in [-0.25, -0.2) is 0 Å². The minimum Gasteiger partial charge on any atom is -0.428 e. The van der Waals surface area contributed by atoms with Gasteiger partial charge in [-0.3, -0.25) is 0 Å². The summed E-state index contributed by atoms with van der Waals surface area (Å²) in [5.41, 5.74) is 1.07. The smallest absolute Gasteiger partial charge is 0.145 e. The second-order valence-corrected chi connectivity index (χ2v) is 3.69. The molecule has 70 valence electrons. The third kappa shape index (κ3) is 3.76. The maximum Gasteiger partial charge on any atom is 0.145 e. The molecule has 0 aliphatic rings. The Bertz CT molecular complexity index is 286. The van der Waals surface area contributed by atoms with E-state index in [-0.39, 0.29) is 0 Å². The Morgan fingerprint density at radius 2 is 2.15 bits per heavy atom. The highest BCUT2D eigenvalue weighted by Crippen LogP contribution is 2.16. The van der Waals surface area contributed by atoms with Crippen molar-refractivity contribution in [2.24, 2.45) is 0 Å². The van der Waals surface area contributed by atoms with E-state index in [1.807, 2.05) is 30.3 Å². The van der Waals surface area contributed by atoms with Crippen LogP contribution in [-0.4, -0.2) is 17.1 Å². The van der Waals surface area contributed by atoms with Crippen molar-refractivity contribution in [3.8, 4) is 0 Å². The Balaban J connectivity index is 2.53. The van der Waals surface area contributed by atoms with Crippen LogP contribution in [0.1, 0.15) is 12.0 Å². The molecule has 0 aromatic heterocycles. The average molecular weight is 213 g/mol. The van der Waals surface area contributed by atoms with Crippen molar-refractivity contribution in [1.82, 2.24) is 0 Å². The van der Waals surface area contributed by atoms with E-state index >= 15 is 0 Å². The Kier molecular flexibility index (Phi) is 4.82. The van der Waals surface area contributed by atoms with Gasteiger partial charge in [-0.05, 0) is 18.1 Å². The van der Waals surface area contributed by atoms with Crippen LogP contribution in [-0.2, 0) is 4.43 Å². The summed E-state index contributed by atoms with van der Waals surface area (Å²) in [6, 6.07) is 7.81. The number of hydrogen-bond donors (Lipinski definition) is 0. The molecule has 0 saturated carbocycles. The van der Waals surface area contributed by atoms with E-state index in [1.165, 1.54) is 0 Å². The van der Waals surface area contributed by atoms with Gasteiger partial charge in [0.15, 0.2) is 0 Å². The van der Waals surface area contributed by atoms with Crippen LogP contribution in [0.15, 0.2) is 30.3 Å². The zero-order valence-corrected chi connectivity index (χ0v) is 10.4. The Morgan fingerprint density at radius 1 is 1.38 bits per heavy atom. The van der Waals surface area contributed by atoms with Gasteiger partial charge in [0, 0.05) is 11.6 Å². The molecule has 0 heterocycles. The minimum absolute atomic E-state index is 0.797. The third-order valence-corrected chi connectivity index (χ3v) is 2.44. The topological polar surface area (TPSA) is 9.23 Å². The van der Waals surface area contributed by atoms with Crippen LogP contribution in [0.5, 0.6) is 0 Å². The number of rotatable bonds is 4. The molecule has 0 aliphatic carbocycles. The molecule has 0 amide bonds. The van der Waals surface area contributed by atoms with Gasteiger partial charge in [-0.1, -0.05) is 42.0 Å². The molecule has 0 N–H and O–H groups in total. The molecule has 1 aromatic rings. The fraction of sp³-hybridized carbons (Fsp3) is 0.200. The molecule has 1 rings (SSSR count). The second-order valence-electron chi connectivity index (χ2n) is 2.71. The summed E-state index contributed by atoms with van der Waals surface area (Å²) in [5, 5.41) is 0.797. The van der Waals surface area contributed by atoms with E-state index in [9.17, 15) is 0 Å². The fourth-order valence-corrected chi connectivity index (χ4v) is 1.44. The molecule has 0 atom stereocenters. The highest BCUT2D eigenvalue weighted by atomic mass is 35.5. The highest BCUT2D eigenvalue weighted by molar-refractivity contribution is 6.32. The lowest BCUT2D eigenvalue weighted by molar-refractivity contribution is 0.358. The van der Waals surface area contributed by atoms with Gasteiger partial charge in [0.2, 0.25) is 0 Å². The predicted octanol–water partition coefficient (Wildman–Crippen LogP) is 2.04. The summed E-state index contributed by atoms with van der Waals surface area (Å²) >= 11 is 5.96. The summed E-state index contributed by atoms with van der Waals surface area (Å²) in [6.07, 6.45) is 5.07. The van der Waals surface area contributed by atoms with E-state index in [4.69, 9.17) is 16.0 Å². The van der Waals surface area contributed by atoms with E-state index in [0.717, 1.165) is 34.1 Å². The van der Waals surface area contributed by atoms with Crippen molar-refractivity contribution in [3.05, 3.63) is 40.9 Å². The maximum absolute atomic E-state index is 5.96. The van der Waals surface area contributed by atoms with Crippen LogP contribution in [0.4, 0.5) is 0 Å². The maximum atomic E-state index is 5.96. The number of benzene rings is 1. The molecule has 13 heavy (non-hydrogen) atoms. The van der Waals surface area contributed by atoms with E-state index in [0.29, 0.717) is 0 Å². The van der Waals surface area contributed by atoms with Gasteiger partial charge in [0.05, 0.1) is 0 Å². The molecular formula is C10H13ClOSi. The summed E-state index contributed by atoms with van der Waals surface area (Å²) in [5.74, 6) is 0. The van der Waals surface area contributed by atoms with Crippen LogP contribution in [0, 0.1) is 0 Å². The molecular weight excluding hydrogens is 200 g/mol. The van der Waals surface area contributed by atoms with Crippen molar-refractivity contribution in [3.63, 3.8) is 0 Å². The number of halogens is 1. The van der Waals surface area contributed by atoms with Crippen molar-refractivity contribution >= 4 is 28.2 Å². The first-order valence-electron chi connectivity index (χ1n) is 4.24. The third-order valence-electron chi connectivity index (χ3n) is 1.69. The van der Waals surface area contributed by atoms with Crippen molar-refractivity contribution in [2.75, 3.05) is 6.61 Å². The Labute approximate surface area is 86.9 Å². The normalized spacial score (nSPS) is 11.2. The summed E-state index contributed by atoms with van der Waals surface area (Å²) in [7, 11) is 0.814. The van der Waals surface area contributed by atoms with Crippen molar-refractivity contribution < 1.29 is 4.43 Å². The van der Waals surface area contributed by atoms with Gasteiger partial charge in [0.25, 0.3) is 0 Å². The van der Waals surface area contributed by atoms with Crippen molar-refractivity contribution in [2.45, 2.75) is 6.42 Å². The van der Waals surface area contributed by atoms with Gasteiger partial charge in [0.1, 0.15) is 10.5 Å². The highest BCUT2D eigenvalue weighted by Gasteiger charge is 1.91. The molecule has 1 nitrogen and oxygen atoms in total. The zero-order valence-electron chi connectivity index (χ0n) is 7.66. The van der Waals surface area contributed by atoms with Crippen LogP contribution in [0.25, 0.3) is 6.08 Å². The molecule has 0 saturated heterocycles. The first-order valence-corrected chi connectivity index (χ1v) is 5.44. The standard InChI is InChI=1S/C10H13ClOSi/c11-10-7-2-1-5-9(10)6-3-4-8-12-13/h1-3,5-7H,4,8H2,13H3.